The van der Waals surface area contributed by atoms with Crippen LogP contribution in [0.25, 0.3) is 11.0 Å². The average Bonchev–Trinajstić information content (AvgIpc) is 2.77. The Balaban J connectivity index is 1.90. The van der Waals surface area contributed by atoms with Crippen LogP contribution in [0.3, 0.4) is 0 Å². The second-order valence-corrected chi connectivity index (χ2v) is 3.78. The van der Waals surface area contributed by atoms with Crippen LogP contribution in [-0.2, 0) is 16.0 Å². The van der Waals surface area contributed by atoms with Crippen molar-refractivity contribution < 1.29 is 13.9 Å². The maximum atomic E-state index is 5.67. The van der Waals surface area contributed by atoms with Gasteiger partial charge in [0.25, 0.3) is 0 Å². The lowest BCUT2D eigenvalue weighted by Crippen LogP contribution is -2.29. The predicted molar refractivity (Wildman–Crippen MR) is 65.7 cm³/mol. The lowest BCUT2D eigenvalue weighted by molar-refractivity contribution is -0.0990. The summed E-state index contributed by atoms with van der Waals surface area (Å²) in [7, 11) is 3.24. The molecule has 1 aromatic carbocycles. The standard InChI is InChI=1S/C13H17NO3/c1-15-13(16-2)9-14-8-11-7-10-5-3-4-6-12(10)17-11/h3-7,13-14H,8-9H2,1-2H3. The molecule has 0 atom stereocenters. The fraction of sp³-hybridized carbons (Fsp3) is 0.385. The number of furan rings is 1. The van der Waals surface area contributed by atoms with Gasteiger partial charge in [-0.25, -0.2) is 0 Å². The third-order valence-electron chi connectivity index (χ3n) is 2.61. The number of methoxy groups -OCH3 is 2. The van der Waals surface area contributed by atoms with Crippen molar-refractivity contribution in [1.82, 2.24) is 5.32 Å². The molecule has 0 aliphatic rings. The average molecular weight is 235 g/mol. The van der Waals surface area contributed by atoms with Crippen LogP contribution in [0.5, 0.6) is 0 Å². The Hall–Kier alpha value is -1.36. The maximum absolute atomic E-state index is 5.67. The summed E-state index contributed by atoms with van der Waals surface area (Å²) in [5, 5.41) is 4.35. The Morgan fingerprint density at radius 3 is 2.71 bits per heavy atom. The minimum absolute atomic E-state index is 0.223. The van der Waals surface area contributed by atoms with E-state index in [0.29, 0.717) is 13.1 Å². The summed E-state index contributed by atoms with van der Waals surface area (Å²) >= 11 is 0. The van der Waals surface area contributed by atoms with E-state index in [9.17, 15) is 0 Å². The Kier molecular flexibility index (Phi) is 4.14. The fourth-order valence-electron chi connectivity index (χ4n) is 1.70. The van der Waals surface area contributed by atoms with Crippen molar-refractivity contribution in [2.45, 2.75) is 12.8 Å². The van der Waals surface area contributed by atoms with Crippen LogP contribution in [0.2, 0.25) is 0 Å². The van der Waals surface area contributed by atoms with Crippen LogP contribution in [0, 0.1) is 0 Å². The minimum atomic E-state index is -0.223. The molecule has 0 saturated carbocycles. The van der Waals surface area contributed by atoms with Gasteiger partial charge >= 0.3 is 0 Å². The Morgan fingerprint density at radius 2 is 2.00 bits per heavy atom. The first-order valence-corrected chi connectivity index (χ1v) is 5.57. The molecule has 0 spiro atoms. The minimum Gasteiger partial charge on any atom is -0.460 e. The van der Waals surface area contributed by atoms with Gasteiger partial charge < -0.3 is 19.2 Å². The zero-order chi connectivity index (χ0) is 12.1. The second-order valence-electron chi connectivity index (χ2n) is 3.78. The van der Waals surface area contributed by atoms with Crippen LogP contribution >= 0.6 is 0 Å². The largest absolute Gasteiger partial charge is 0.460 e. The van der Waals surface area contributed by atoms with Crippen molar-refractivity contribution in [2.75, 3.05) is 20.8 Å². The Labute approximate surface area is 101 Å². The third-order valence-corrected chi connectivity index (χ3v) is 2.61. The molecular weight excluding hydrogens is 218 g/mol. The van der Waals surface area contributed by atoms with Gasteiger partial charge in [0.1, 0.15) is 11.3 Å². The molecule has 0 radical (unpaired) electrons. The summed E-state index contributed by atoms with van der Waals surface area (Å²) in [6, 6.07) is 10.0. The molecule has 0 saturated heterocycles. The maximum Gasteiger partial charge on any atom is 0.169 e. The number of nitrogens with one attached hydrogen (secondary N) is 1. The smallest absolute Gasteiger partial charge is 0.169 e. The Morgan fingerprint density at radius 1 is 1.24 bits per heavy atom. The van der Waals surface area contributed by atoms with Gasteiger partial charge in [0.15, 0.2) is 6.29 Å². The normalized spacial score (nSPS) is 11.5. The number of hydrogen-bond acceptors (Lipinski definition) is 4. The van der Waals surface area contributed by atoms with Crippen molar-refractivity contribution in [3.8, 4) is 0 Å². The van der Waals surface area contributed by atoms with Crippen molar-refractivity contribution in [3.05, 3.63) is 36.1 Å². The molecule has 1 N–H and O–H groups in total. The van der Waals surface area contributed by atoms with Crippen LogP contribution < -0.4 is 5.32 Å². The highest BCUT2D eigenvalue weighted by atomic mass is 16.7. The van der Waals surface area contributed by atoms with Gasteiger partial charge in [-0.05, 0) is 12.1 Å². The van der Waals surface area contributed by atoms with Crippen LogP contribution in [-0.4, -0.2) is 27.1 Å². The van der Waals surface area contributed by atoms with Crippen molar-refractivity contribution in [1.29, 1.82) is 0 Å². The molecule has 2 aromatic rings. The zero-order valence-corrected chi connectivity index (χ0v) is 10.1. The summed E-state index contributed by atoms with van der Waals surface area (Å²) < 4.78 is 15.8. The highest BCUT2D eigenvalue weighted by Crippen LogP contribution is 2.18. The van der Waals surface area contributed by atoms with Gasteiger partial charge in [-0.3, -0.25) is 0 Å². The van der Waals surface area contributed by atoms with Gasteiger partial charge in [0, 0.05) is 26.2 Å². The molecule has 17 heavy (non-hydrogen) atoms. The summed E-state index contributed by atoms with van der Waals surface area (Å²) in [6.45, 7) is 1.29. The molecule has 0 fully saturated rings. The van der Waals surface area contributed by atoms with Crippen molar-refractivity contribution >= 4 is 11.0 Å². The molecule has 0 unspecified atom stereocenters. The molecule has 1 heterocycles. The molecule has 4 heteroatoms. The quantitative estimate of drug-likeness (QED) is 0.779. The van der Waals surface area contributed by atoms with Gasteiger partial charge in [-0.2, -0.15) is 0 Å². The van der Waals surface area contributed by atoms with Gasteiger partial charge in [0.2, 0.25) is 0 Å². The monoisotopic (exact) mass is 235 g/mol. The number of benzene rings is 1. The molecule has 0 bridgehead atoms. The topological polar surface area (TPSA) is 43.6 Å². The fourth-order valence-corrected chi connectivity index (χ4v) is 1.70. The van der Waals surface area contributed by atoms with Gasteiger partial charge in [0.05, 0.1) is 6.54 Å². The van der Waals surface area contributed by atoms with Gasteiger partial charge in [-0.15, -0.1) is 0 Å². The van der Waals surface area contributed by atoms with E-state index >= 15 is 0 Å². The van der Waals surface area contributed by atoms with E-state index in [1.54, 1.807) is 14.2 Å². The van der Waals surface area contributed by atoms with E-state index in [0.717, 1.165) is 16.7 Å². The summed E-state index contributed by atoms with van der Waals surface area (Å²) in [5.74, 6) is 0.914. The predicted octanol–water partition coefficient (Wildman–Crippen LogP) is 2.14. The van der Waals surface area contributed by atoms with E-state index < -0.39 is 0 Å². The number of rotatable bonds is 6. The molecule has 0 aliphatic heterocycles. The molecule has 0 aliphatic carbocycles. The van der Waals surface area contributed by atoms with E-state index in [4.69, 9.17) is 13.9 Å². The van der Waals surface area contributed by atoms with Crippen LogP contribution in [0.4, 0.5) is 0 Å². The summed E-state index contributed by atoms with van der Waals surface area (Å²) in [4.78, 5) is 0. The second kappa shape index (κ2) is 5.82. The number of fused-ring (bicyclic) bond motifs is 1. The lowest BCUT2D eigenvalue weighted by atomic mass is 10.2. The third kappa shape index (κ3) is 3.06. The number of ether oxygens (including phenoxy) is 2. The highest BCUT2D eigenvalue weighted by Gasteiger charge is 2.06. The molecule has 2 rings (SSSR count). The van der Waals surface area contributed by atoms with E-state index in [1.165, 1.54) is 0 Å². The Bertz CT molecular complexity index is 429. The zero-order valence-electron chi connectivity index (χ0n) is 10.1. The highest BCUT2D eigenvalue weighted by molar-refractivity contribution is 5.77. The molecule has 4 nitrogen and oxygen atoms in total. The summed E-state index contributed by atoms with van der Waals surface area (Å²) in [6.07, 6.45) is -0.223. The van der Waals surface area contributed by atoms with Crippen LogP contribution in [0.1, 0.15) is 5.76 Å². The molecule has 0 amide bonds. The number of para-hydroxylation sites is 1. The summed E-state index contributed by atoms with van der Waals surface area (Å²) in [5.41, 5.74) is 0.916. The number of hydrogen-bond donors (Lipinski definition) is 1. The lowest BCUT2D eigenvalue weighted by Gasteiger charge is -2.13. The molecule has 1 aromatic heterocycles. The van der Waals surface area contributed by atoms with Gasteiger partial charge in [-0.1, -0.05) is 18.2 Å². The van der Waals surface area contributed by atoms with Crippen molar-refractivity contribution in [3.63, 3.8) is 0 Å². The first-order chi connectivity index (χ1) is 8.33. The first kappa shape index (κ1) is 12.1. The van der Waals surface area contributed by atoms with E-state index in [-0.39, 0.29) is 6.29 Å². The van der Waals surface area contributed by atoms with E-state index in [2.05, 4.69) is 5.32 Å². The van der Waals surface area contributed by atoms with E-state index in [1.807, 2.05) is 30.3 Å². The van der Waals surface area contributed by atoms with Crippen LogP contribution in [0.15, 0.2) is 34.7 Å². The van der Waals surface area contributed by atoms with Crippen molar-refractivity contribution in [2.24, 2.45) is 0 Å². The molecule has 92 valence electrons. The first-order valence-electron chi connectivity index (χ1n) is 5.57. The SMILES string of the molecule is COC(CNCc1cc2ccccc2o1)OC. The molecular formula is C13H17NO3.